The quantitative estimate of drug-likeness (QED) is 0.134. The molecule has 448 valence electrons. The van der Waals surface area contributed by atoms with Crippen LogP contribution in [0.2, 0.25) is 127 Å². The third kappa shape index (κ3) is 19.2. The van der Waals surface area contributed by atoms with Crippen LogP contribution in [0.1, 0.15) is 111 Å². The molecule has 0 aromatic rings. The average molecular weight is 1320 g/mol. The van der Waals surface area contributed by atoms with Crippen molar-refractivity contribution in [3.05, 3.63) is 0 Å². The Balaban J connectivity index is 2.11. The highest BCUT2D eigenvalue weighted by Crippen LogP contribution is 2.54. The fraction of sp³-hybridized carbons (Fsp3) is 1.00. The van der Waals surface area contributed by atoms with E-state index in [1.807, 2.05) is 0 Å². The second-order valence-electron chi connectivity index (χ2n) is 28.5. The van der Waals surface area contributed by atoms with Gasteiger partial charge in [0.05, 0.1) is 0 Å². The van der Waals surface area contributed by atoms with Gasteiger partial charge in [-0.15, -0.1) is 0 Å². The summed E-state index contributed by atoms with van der Waals surface area (Å²) in [6.45, 7) is 59.5. The first kappa shape index (κ1) is 69.1. The highest BCUT2D eigenvalue weighted by Gasteiger charge is 2.81. The van der Waals surface area contributed by atoms with Crippen LogP contribution in [0.25, 0.3) is 0 Å². The summed E-state index contributed by atoms with van der Waals surface area (Å²) >= 11 is 0. The van der Waals surface area contributed by atoms with Crippen molar-refractivity contribution in [2.75, 3.05) is 0 Å². The molecule has 0 spiro atoms. The van der Waals surface area contributed by atoms with Crippen LogP contribution < -0.4 is 0 Å². The first-order chi connectivity index (χ1) is 34.1. The Hall–Kier alpha value is 2.32. The van der Waals surface area contributed by atoms with Gasteiger partial charge in [0, 0.05) is 48.4 Å². The molecular weight excluding hydrogens is 1210 g/mol. The van der Waals surface area contributed by atoms with Crippen molar-refractivity contribution in [3.63, 3.8) is 0 Å². The molecule has 4 unspecified atom stereocenters. The van der Waals surface area contributed by atoms with E-state index in [2.05, 4.69) is 189 Å². The zero-order chi connectivity index (χ0) is 58.0. The molecule has 4 atom stereocenters. The van der Waals surface area contributed by atoms with E-state index in [9.17, 15) is 0 Å². The lowest BCUT2D eigenvalue weighted by Crippen LogP contribution is -2.86. The van der Waals surface area contributed by atoms with Gasteiger partial charge in [0.25, 0.3) is 0 Å². The second kappa shape index (κ2) is 24.2. The van der Waals surface area contributed by atoms with Gasteiger partial charge in [0.1, 0.15) is 0 Å². The molecule has 0 N–H and O–H groups in total. The molecule has 6 rings (SSSR count). The van der Waals surface area contributed by atoms with Crippen molar-refractivity contribution in [1.29, 1.82) is 0 Å². The van der Waals surface area contributed by atoms with Crippen molar-refractivity contribution in [2.24, 2.45) is 47.3 Å². The van der Waals surface area contributed by atoms with E-state index in [4.69, 9.17) is 74.1 Å². The molecule has 0 aromatic heterocycles. The van der Waals surface area contributed by atoms with E-state index in [0.717, 1.165) is 0 Å². The van der Waals surface area contributed by atoms with Gasteiger partial charge >= 0.3 is 122 Å². The minimum absolute atomic E-state index is 0.00470. The molecule has 6 aliphatic rings. The van der Waals surface area contributed by atoms with Gasteiger partial charge in [-0.3, -0.25) is 0 Å². The SMILES string of the molecule is CC(C)C[Si]12O[Si](C)(C)O[Si](C)(C)O[Si](C)(C)O[Si](C)(C)O[Si](C)(C)O[Si](C)(C)O[Si]3(CC(C)C)O[Si]4(CC(C)C)O[Si](CC(C)C)(O1)O[Si]1(CC(C)C)O[Si](CC(C)C)(O2)O[Si](CC(C)C)(O3)O[Si](CC(C)C)(O4)O1. The Morgan fingerprint density at radius 1 is 0.158 bits per heavy atom. The lowest BCUT2D eigenvalue weighted by molar-refractivity contribution is -0.0131. The summed E-state index contributed by atoms with van der Waals surface area (Å²) in [4.78, 5) is 0. The summed E-state index contributed by atoms with van der Waals surface area (Å²) in [6, 6.07) is 2.94. The molecule has 6 aliphatic heterocycles. The van der Waals surface area contributed by atoms with Crippen LogP contribution in [0, 0.1) is 47.3 Å². The lowest BCUT2D eigenvalue weighted by atomic mass is 10.3. The van der Waals surface area contributed by atoms with E-state index in [0.29, 0.717) is 48.4 Å². The molecule has 6 saturated heterocycles. The zero-order valence-electron chi connectivity index (χ0n) is 52.6. The summed E-state index contributed by atoms with van der Waals surface area (Å²) in [7, 11) is -53.4. The normalized spacial score (nSPS) is 38.7. The Morgan fingerprint density at radius 3 is 0.355 bits per heavy atom. The van der Waals surface area contributed by atoms with Crippen LogP contribution in [0.3, 0.4) is 0 Å². The molecule has 0 radical (unpaired) electrons. The van der Waals surface area contributed by atoms with Gasteiger partial charge in [-0.25, -0.2) is 0 Å². The maximum Gasteiger partial charge on any atom is 0.479 e. The highest BCUT2D eigenvalue weighted by atomic mass is 28.6. The molecule has 32 heteroatoms. The van der Waals surface area contributed by atoms with Crippen molar-refractivity contribution in [2.45, 2.75) is 238 Å². The zero-order valence-corrected chi connectivity index (χ0v) is 66.6. The molecule has 0 aromatic carbocycles. The Bertz CT molecular complexity index is 1760. The van der Waals surface area contributed by atoms with Crippen LogP contribution in [0.5, 0.6) is 0 Å². The monoisotopic (exact) mass is 1320 g/mol. The molecular formula is C44H108O18Si14. The van der Waals surface area contributed by atoms with Crippen LogP contribution in [-0.2, 0) is 74.1 Å². The maximum absolute atomic E-state index is 8.29. The van der Waals surface area contributed by atoms with Crippen molar-refractivity contribution in [3.8, 4) is 0 Å². The fourth-order valence-electron chi connectivity index (χ4n) is 11.9. The lowest BCUT2D eigenvalue weighted by Gasteiger charge is -2.62. The number of fused-ring (bicyclic) bond motifs is 12. The van der Waals surface area contributed by atoms with Crippen LogP contribution >= 0.6 is 0 Å². The van der Waals surface area contributed by atoms with Crippen LogP contribution in [0.4, 0.5) is 0 Å². The van der Waals surface area contributed by atoms with Gasteiger partial charge in [0.15, 0.2) is 0 Å². The second-order valence-corrected chi connectivity index (χ2v) is 74.2. The Labute approximate surface area is 477 Å². The van der Waals surface area contributed by atoms with Crippen molar-refractivity contribution >= 4 is 122 Å². The van der Waals surface area contributed by atoms with Gasteiger partial charge in [-0.05, 0) is 126 Å². The Kier molecular flexibility index (Phi) is 22.0. The Morgan fingerprint density at radius 2 is 0.250 bits per heavy atom. The first-order valence-electron chi connectivity index (χ1n) is 28.7. The molecule has 0 amide bonds. The standard InChI is InChI=1S/C44H108O18Si14/c1-37(2)29-69-50-67(25,26)48-65(21,22)46-63(17,18)45-64(19,20)47-66(23,24)49-68(27,28)51-70(30-38(3)4)54-73(33-41(9)10)56-71(52-69,31-39(5)6)58-75(35-43(13)14)59-72(53-69,32-40(7)8)57-74(55-70,34-42(11)12)61-76(60-73,62-75)36-44(15)16/h37-44H,29-36H2,1-28H3. The van der Waals surface area contributed by atoms with Crippen LogP contribution in [0.15, 0.2) is 0 Å². The molecule has 6 fully saturated rings. The average Bonchev–Trinajstić information content (AvgIpc) is 3.01. The third-order valence-corrected chi connectivity index (χ3v) is 75.9. The molecule has 0 aliphatic carbocycles. The number of rotatable bonds is 16. The third-order valence-electron chi connectivity index (χ3n) is 11.9. The summed E-state index contributed by atoms with van der Waals surface area (Å²) < 4.78 is 142. The van der Waals surface area contributed by atoms with E-state index >= 15 is 0 Å². The molecule has 6 heterocycles. The summed E-state index contributed by atoms with van der Waals surface area (Å²) in [5.41, 5.74) is 0. The summed E-state index contributed by atoms with van der Waals surface area (Å²) in [5, 5.41) is 0. The van der Waals surface area contributed by atoms with Gasteiger partial charge in [0.2, 0.25) is 0 Å². The van der Waals surface area contributed by atoms with Gasteiger partial charge < -0.3 is 74.1 Å². The van der Waals surface area contributed by atoms with Crippen LogP contribution in [-0.4, -0.2) is 122 Å². The molecule has 18 nitrogen and oxygen atoms in total. The molecule has 8 bridgehead atoms. The smallest absolute Gasteiger partial charge is 0.416 e. The number of hydrogen-bond acceptors (Lipinski definition) is 18. The largest absolute Gasteiger partial charge is 0.479 e. The molecule has 0 saturated carbocycles. The number of hydrogen-bond donors (Lipinski definition) is 0. The first-order valence-corrected chi connectivity index (χ1v) is 61.0. The van der Waals surface area contributed by atoms with E-state index in [1.54, 1.807) is 0 Å². The predicted molar refractivity (Wildman–Crippen MR) is 328 cm³/mol. The highest BCUT2D eigenvalue weighted by molar-refractivity contribution is 7.02. The topological polar surface area (TPSA) is 166 Å². The molecule has 76 heavy (non-hydrogen) atoms. The van der Waals surface area contributed by atoms with Crippen molar-refractivity contribution in [1.82, 2.24) is 0 Å². The maximum atomic E-state index is 8.29. The van der Waals surface area contributed by atoms with E-state index in [-0.39, 0.29) is 47.3 Å². The fourth-order valence-corrected chi connectivity index (χ4v) is 94.7. The van der Waals surface area contributed by atoms with Gasteiger partial charge in [-0.1, -0.05) is 111 Å². The summed E-state index contributed by atoms with van der Waals surface area (Å²) in [5.74, 6) is -0.0337. The summed E-state index contributed by atoms with van der Waals surface area (Å²) in [6.07, 6.45) is 0. The van der Waals surface area contributed by atoms with Crippen molar-refractivity contribution < 1.29 is 74.1 Å². The van der Waals surface area contributed by atoms with E-state index in [1.165, 1.54) is 0 Å². The predicted octanol–water partition coefficient (Wildman–Crippen LogP) is 13.3. The minimum Gasteiger partial charge on any atom is -0.416 e. The van der Waals surface area contributed by atoms with Gasteiger partial charge in [-0.2, -0.15) is 0 Å². The minimum atomic E-state index is -4.38. The van der Waals surface area contributed by atoms with E-state index < -0.39 is 122 Å².